The van der Waals surface area contributed by atoms with Crippen LogP contribution in [0, 0.1) is 5.92 Å². The van der Waals surface area contributed by atoms with Crippen LogP contribution in [0.25, 0.3) is 0 Å². The predicted octanol–water partition coefficient (Wildman–Crippen LogP) is 0.623. The maximum atomic E-state index is 12.1. The van der Waals surface area contributed by atoms with Crippen LogP contribution >= 0.6 is 0 Å². The number of hydrogen-bond acceptors (Lipinski definition) is 3. The van der Waals surface area contributed by atoms with E-state index in [1.54, 1.807) is 0 Å². The molecule has 0 aromatic carbocycles. The van der Waals surface area contributed by atoms with Crippen molar-refractivity contribution in [3.05, 3.63) is 0 Å². The van der Waals surface area contributed by atoms with E-state index in [2.05, 4.69) is 5.32 Å². The van der Waals surface area contributed by atoms with Gasteiger partial charge in [-0.3, -0.25) is 4.79 Å². The molecule has 2 fully saturated rings. The van der Waals surface area contributed by atoms with Crippen LogP contribution in [0.4, 0.5) is 0 Å². The molecule has 2 unspecified atom stereocenters. The molecule has 0 aliphatic carbocycles. The number of rotatable bonds is 3. The molecule has 2 aliphatic heterocycles. The van der Waals surface area contributed by atoms with Gasteiger partial charge in [-0.2, -0.15) is 0 Å². The Balaban J connectivity index is 1.81. The van der Waals surface area contributed by atoms with Crippen molar-refractivity contribution in [1.82, 2.24) is 10.2 Å². The number of hydrogen-bond donors (Lipinski definition) is 1. The van der Waals surface area contributed by atoms with Gasteiger partial charge in [0.15, 0.2) is 0 Å². The summed E-state index contributed by atoms with van der Waals surface area (Å²) in [5.74, 6) is 0.843. The van der Waals surface area contributed by atoms with Crippen molar-refractivity contribution < 1.29 is 9.53 Å². The predicted molar refractivity (Wildman–Crippen MR) is 62.2 cm³/mol. The Hall–Kier alpha value is -0.610. The Bertz CT molecular complexity index is 239. The maximum absolute atomic E-state index is 12.1. The lowest BCUT2D eigenvalue weighted by atomic mass is 10.1. The molecule has 2 atom stereocenters. The van der Waals surface area contributed by atoms with E-state index in [9.17, 15) is 4.79 Å². The van der Waals surface area contributed by atoms with Crippen LogP contribution in [0.15, 0.2) is 0 Å². The molecule has 16 heavy (non-hydrogen) atoms. The smallest absolute Gasteiger partial charge is 0.251 e. The van der Waals surface area contributed by atoms with Gasteiger partial charge in [0.25, 0.3) is 5.91 Å². The molecule has 0 bridgehead atoms. The largest absolute Gasteiger partial charge is 0.368 e. The van der Waals surface area contributed by atoms with Crippen molar-refractivity contribution in [3.8, 4) is 0 Å². The van der Waals surface area contributed by atoms with Crippen LogP contribution in [0.3, 0.4) is 0 Å². The molecule has 4 heteroatoms. The quantitative estimate of drug-likeness (QED) is 0.767. The van der Waals surface area contributed by atoms with Crippen molar-refractivity contribution >= 4 is 5.91 Å². The van der Waals surface area contributed by atoms with Crippen molar-refractivity contribution in [3.63, 3.8) is 0 Å². The molecule has 0 aromatic rings. The van der Waals surface area contributed by atoms with Gasteiger partial charge in [-0.25, -0.2) is 0 Å². The van der Waals surface area contributed by atoms with Gasteiger partial charge < -0.3 is 15.0 Å². The number of carbonyl (C=O) groups excluding carboxylic acids is 1. The molecule has 4 nitrogen and oxygen atoms in total. The monoisotopic (exact) mass is 226 g/mol. The van der Waals surface area contributed by atoms with Crippen LogP contribution in [0.1, 0.15) is 25.7 Å². The third-order valence-electron chi connectivity index (χ3n) is 3.55. The maximum Gasteiger partial charge on any atom is 0.251 e. The molecule has 1 amide bonds. The molecule has 0 radical (unpaired) electrons. The lowest BCUT2D eigenvalue weighted by Crippen LogP contribution is -2.41. The second-order valence-corrected chi connectivity index (χ2v) is 4.85. The molecule has 2 aliphatic rings. The van der Waals surface area contributed by atoms with E-state index in [0.29, 0.717) is 5.92 Å². The first-order chi connectivity index (χ1) is 7.81. The summed E-state index contributed by atoms with van der Waals surface area (Å²) in [7, 11) is 1.97. The Morgan fingerprint density at radius 2 is 2.31 bits per heavy atom. The van der Waals surface area contributed by atoms with Crippen molar-refractivity contribution in [1.29, 1.82) is 0 Å². The lowest BCUT2D eigenvalue weighted by Gasteiger charge is -2.26. The van der Waals surface area contributed by atoms with Gasteiger partial charge in [0.05, 0.1) is 0 Å². The van der Waals surface area contributed by atoms with Crippen LogP contribution in [-0.2, 0) is 9.53 Å². The highest BCUT2D eigenvalue weighted by molar-refractivity contribution is 5.81. The van der Waals surface area contributed by atoms with Crippen molar-refractivity contribution in [2.45, 2.75) is 31.8 Å². The summed E-state index contributed by atoms with van der Waals surface area (Å²) in [6.07, 6.45) is 4.11. The number of nitrogens with zero attached hydrogens (tertiary/aromatic N) is 1. The Morgan fingerprint density at radius 3 is 3.00 bits per heavy atom. The van der Waals surface area contributed by atoms with E-state index in [1.165, 1.54) is 0 Å². The topological polar surface area (TPSA) is 41.6 Å². The minimum Gasteiger partial charge on any atom is -0.368 e. The first-order valence-electron chi connectivity index (χ1n) is 6.36. The summed E-state index contributed by atoms with van der Waals surface area (Å²) < 4.78 is 5.54. The summed E-state index contributed by atoms with van der Waals surface area (Å²) >= 11 is 0. The van der Waals surface area contributed by atoms with Crippen LogP contribution in [0.2, 0.25) is 0 Å². The van der Waals surface area contributed by atoms with Gasteiger partial charge >= 0.3 is 0 Å². The molecule has 0 aromatic heterocycles. The molecule has 2 heterocycles. The molecular weight excluding hydrogens is 204 g/mol. The number of likely N-dealkylation sites (tertiary alicyclic amines) is 1. The summed E-state index contributed by atoms with van der Waals surface area (Å²) in [6, 6.07) is 0. The lowest BCUT2D eigenvalue weighted by molar-refractivity contribution is -0.145. The second kappa shape index (κ2) is 5.64. The normalized spacial score (nSPS) is 30.7. The molecule has 2 saturated heterocycles. The third kappa shape index (κ3) is 2.74. The summed E-state index contributed by atoms with van der Waals surface area (Å²) in [5, 5.41) is 3.18. The van der Waals surface area contributed by atoms with E-state index in [-0.39, 0.29) is 12.0 Å². The highest BCUT2D eigenvalue weighted by Gasteiger charge is 2.31. The molecular formula is C12H22N2O2. The fraction of sp³-hybridized carbons (Fsp3) is 0.917. The number of carbonyl (C=O) groups is 1. The Morgan fingerprint density at radius 1 is 1.44 bits per heavy atom. The fourth-order valence-corrected chi connectivity index (χ4v) is 2.63. The van der Waals surface area contributed by atoms with Gasteiger partial charge in [0.1, 0.15) is 6.10 Å². The zero-order chi connectivity index (χ0) is 11.4. The average molecular weight is 226 g/mol. The summed E-state index contributed by atoms with van der Waals surface area (Å²) in [5.41, 5.74) is 0. The number of amides is 1. The van der Waals surface area contributed by atoms with Gasteiger partial charge in [0.2, 0.25) is 0 Å². The molecule has 0 saturated carbocycles. The van der Waals surface area contributed by atoms with E-state index >= 15 is 0 Å². The summed E-state index contributed by atoms with van der Waals surface area (Å²) in [6.45, 7) is 3.57. The van der Waals surface area contributed by atoms with Gasteiger partial charge in [0, 0.05) is 19.7 Å². The van der Waals surface area contributed by atoms with Crippen molar-refractivity contribution in [2.75, 3.05) is 33.3 Å². The fourth-order valence-electron chi connectivity index (χ4n) is 2.63. The molecule has 2 rings (SSSR count). The Labute approximate surface area is 97.3 Å². The van der Waals surface area contributed by atoms with Crippen LogP contribution in [-0.4, -0.2) is 50.2 Å². The average Bonchev–Trinajstić information content (AvgIpc) is 2.78. The SMILES string of the molecule is CNCC1CCN(C(=O)C2CCCCO2)C1. The summed E-state index contributed by atoms with van der Waals surface area (Å²) in [4.78, 5) is 14.1. The van der Waals surface area contributed by atoms with E-state index in [4.69, 9.17) is 4.74 Å². The van der Waals surface area contributed by atoms with E-state index in [1.807, 2.05) is 11.9 Å². The van der Waals surface area contributed by atoms with Crippen LogP contribution in [0.5, 0.6) is 0 Å². The van der Waals surface area contributed by atoms with Gasteiger partial charge in [-0.15, -0.1) is 0 Å². The highest BCUT2D eigenvalue weighted by atomic mass is 16.5. The zero-order valence-corrected chi connectivity index (χ0v) is 10.1. The first kappa shape index (κ1) is 11.9. The number of ether oxygens (including phenoxy) is 1. The van der Waals surface area contributed by atoms with Gasteiger partial charge in [-0.05, 0) is 45.2 Å². The number of nitrogens with one attached hydrogen (secondary N) is 1. The van der Waals surface area contributed by atoms with E-state index < -0.39 is 0 Å². The molecule has 92 valence electrons. The van der Waals surface area contributed by atoms with Crippen LogP contribution < -0.4 is 5.32 Å². The van der Waals surface area contributed by atoms with E-state index in [0.717, 1.165) is 51.9 Å². The minimum absolute atomic E-state index is 0.151. The standard InChI is InChI=1S/C12H22N2O2/c1-13-8-10-5-6-14(9-10)12(15)11-4-2-3-7-16-11/h10-11,13H,2-9H2,1H3. The molecule has 1 N–H and O–H groups in total. The highest BCUT2D eigenvalue weighted by Crippen LogP contribution is 2.20. The third-order valence-corrected chi connectivity index (χ3v) is 3.55. The minimum atomic E-state index is -0.151. The van der Waals surface area contributed by atoms with Gasteiger partial charge in [-0.1, -0.05) is 0 Å². The second-order valence-electron chi connectivity index (χ2n) is 4.85. The molecule has 0 spiro atoms. The Kier molecular flexibility index (Phi) is 4.18. The zero-order valence-electron chi connectivity index (χ0n) is 10.1. The first-order valence-corrected chi connectivity index (χ1v) is 6.36. The van der Waals surface area contributed by atoms with Crippen molar-refractivity contribution in [2.24, 2.45) is 5.92 Å².